The maximum atomic E-state index is 14.0. The fraction of sp³-hybridized carbons (Fsp3) is 0.364. The van der Waals surface area contributed by atoms with Crippen LogP contribution in [0, 0.1) is 6.92 Å². The molecule has 1 atom stereocenters. The fourth-order valence-electron chi connectivity index (χ4n) is 5.86. The van der Waals surface area contributed by atoms with Crippen molar-refractivity contribution in [2.75, 3.05) is 6.54 Å². The summed E-state index contributed by atoms with van der Waals surface area (Å²) in [5.41, 5.74) is 2.90. The third-order valence-corrected chi connectivity index (χ3v) is 10.1. The van der Waals surface area contributed by atoms with E-state index in [2.05, 4.69) is 5.32 Å². The minimum Gasteiger partial charge on any atom is -0.352 e. The van der Waals surface area contributed by atoms with Gasteiger partial charge in [-0.25, -0.2) is 12.7 Å². The van der Waals surface area contributed by atoms with Crippen LogP contribution in [0.3, 0.4) is 0 Å². The molecule has 8 nitrogen and oxygen atoms in total. The van der Waals surface area contributed by atoms with Crippen LogP contribution in [0.1, 0.15) is 65.6 Å². The molecule has 1 unspecified atom stereocenters. The zero-order chi connectivity index (χ0) is 29.7. The molecule has 0 radical (unpaired) electrons. The summed E-state index contributed by atoms with van der Waals surface area (Å²) in [6.07, 6.45) is 5.15. The van der Waals surface area contributed by atoms with Crippen molar-refractivity contribution < 1.29 is 22.8 Å². The second kappa shape index (κ2) is 12.9. The lowest BCUT2D eigenvalue weighted by molar-refractivity contribution is -0.141. The number of carbonyl (C=O) groups excluding carboxylic acids is 3. The standard InChI is InChI=1S/C33H37N3O5S/c1-24-12-8-9-15-26(24)23-35(31(37)20-21-36-33(39)28-18-10-11-19-30(28)42(36,40)41)29(22-25-13-4-2-5-14-25)32(38)34-27-16-6-3-7-17-27/h2,4-5,8-15,18-19,27,29H,3,6-7,16-17,20-23H2,1H3,(H,34,38). The average molecular weight is 588 g/mol. The molecule has 1 heterocycles. The average Bonchev–Trinajstić information content (AvgIpc) is 3.19. The number of nitrogens with one attached hydrogen (secondary N) is 1. The Bertz CT molecular complexity index is 1550. The minimum absolute atomic E-state index is 0.0481. The first-order valence-corrected chi connectivity index (χ1v) is 16.0. The van der Waals surface area contributed by atoms with Crippen molar-refractivity contribution in [3.05, 3.63) is 101 Å². The molecule has 220 valence electrons. The van der Waals surface area contributed by atoms with Gasteiger partial charge in [0.05, 0.1) is 5.56 Å². The van der Waals surface area contributed by atoms with E-state index in [0.29, 0.717) is 6.42 Å². The van der Waals surface area contributed by atoms with Crippen molar-refractivity contribution in [2.45, 2.75) is 75.4 Å². The van der Waals surface area contributed by atoms with Gasteiger partial charge in [0.25, 0.3) is 15.9 Å². The molecule has 0 saturated heterocycles. The Kier molecular flexibility index (Phi) is 9.06. The van der Waals surface area contributed by atoms with E-state index in [1.54, 1.807) is 17.0 Å². The highest BCUT2D eigenvalue weighted by atomic mass is 32.2. The molecule has 9 heteroatoms. The summed E-state index contributed by atoms with van der Waals surface area (Å²) in [4.78, 5) is 42.5. The maximum absolute atomic E-state index is 14.0. The Morgan fingerprint density at radius 2 is 1.60 bits per heavy atom. The van der Waals surface area contributed by atoms with Crippen molar-refractivity contribution in [1.29, 1.82) is 0 Å². The van der Waals surface area contributed by atoms with E-state index in [9.17, 15) is 22.8 Å². The van der Waals surface area contributed by atoms with Crippen molar-refractivity contribution in [3.63, 3.8) is 0 Å². The fourth-order valence-corrected chi connectivity index (χ4v) is 7.43. The van der Waals surface area contributed by atoms with Gasteiger partial charge in [-0.05, 0) is 48.6 Å². The molecule has 1 fully saturated rings. The summed E-state index contributed by atoms with van der Waals surface area (Å²) in [6, 6.07) is 22.6. The van der Waals surface area contributed by atoms with E-state index in [-0.39, 0.29) is 41.9 Å². The van der Waals surface area contributed by atoms with Gasteiger partial charge in [-0.3, -0.25) is 14.4 Å². The number of hydrogen-bond acceptors (Lipinski definition) is 5. The summed E-state index contributed by atoms with van der Waals surface area (Å²) in [7, 11) is -4.05. The van der Waals surface area contributed by atoms with Gasteiger partial charge in [0.15, 0.2) is 0 Å². The molecule has 3 aromatic carbocycles. The van der Waals surface area contributed by atoms with Gasteiger partial charge in [-0.1, -0.05) is 86.0 Å². The Hall–Kier alpha value is -3.98. The molecular weight excluding hydrogens is 550 g/mol. The van der Waals surface area contributed by atoms with Gasteiger partial charge >= 0.3 is 0 Å². The Morgan fingerprint density at radius 3 is 2.31 bits per heavy atom. The third-order valence-electron chi connectivity index (χ3n) is 8.27. The summed E-state index contributed by atoms with van der Waals surface area (Å²) in [5, 5.41) is 3.21. The van der Waals surface area contributed by atoms with Crippen LogP contribution < -0.4 is 5.32 Å². The number of hydrogen-bond donors (Lipinski definition) is 1. The normalized spacial score (nSPS) is 17.0. The van der Waals surface area contributed by atoms with Crippen LogP contribution in [0.4, 0.5) is 0 Å². The smallest absolute Gasteiger partial charge is 0.269 e. The Balaban J connectivity index is 1.43. The van der Waals surface area contributed by atoms with Crippen LogP contribution in [0.2, 0.25) is 0 Å². The van der Waals surface area contributed by atoms with E-state index in [4.69, 9.17) is 0 Å². The number of aryl methyl sites for hydroxylation is 1. The van der Waals surface area contributed by atoms with E-state index < -0.39 is 27.9 Å². The first-order valence-electron chi connectivity index (χ1n) is 14.6. The first-order chi connectivity index (χ1) is 20.3. The molecule has 3 aromatic rings. The summed E-state index contributed by atoms with van der Waals surface area (Å²) in [6.45, 7) is 1.84. The molecule has 1 saturated carbocycles. The molecule has 0 aromatic heterocycles. The number of rotatable bonds is 10. The highest BCUT2D eigenvalue weighted by molar-refractivity contribution is 7.90. The van der Waals surface area contributed by atoms with Crippen LogP contribution in [0.25, 0.3) is 0 Å². The highest BCUT2D eigenvalue weighted by Gasteiger charge is 2.41. The van der Waals surface area contributed by atoms with Crippen LogP contribution in [-0.4, -0.2) is 54.0 Å². The predicted octanol–water partition coefficient (Wildman–Crippen LogP) is 4.62. The van der Waals surface area contributed by atoms with E-state index in [0.717, 1.165) is 53.1 Å². The number of nitrogens with zero attached hydrogens (tertiary/aromatic N) is 2. The summed E-state index contributed by atoms with van der Waals surface area (Å²) in [5.74, 6) is -1.25. The van der Waals surface area contributed by atoms with Gasteiger partial charge < -0.3 is 10.2 Å². The highest BCUT2D eigenvalue weighted by Crippen LogP contribution is 2.30. The van der Waals surface area contributed by atoms with Crippen LogP contribution in [0.15, 0.2) is 83.8 Å². The lowest BCUT2D eigenvalue weighted by Crippen LogP contribution is -2.53. The van der Waals surface area contributed by atoms with Crippen molar-refractivity contribution in [3.8, 4) is 0 Å². The molecule has 1 aliphatic carbocycles. The van der Waals surface area contributed by atoms with E-state index >= 15 is 0 Å². The SMILES string of the molecule is Cc1ccccc1CN(C(=O)CCN1C(=O)c2ccccc2S1(=O)=O)C(Cc1ccccc1)C(=O)NC1CCCCC1. The molecule has 0 bridgehead atoms. The minimum atomic E-state index is -4.05. The monoisotopic (exact) mass is 587 g/mol. The second-order valence-electron chi connectivity index (χ2n) is 11.1. The number of carbonyl (C=O) groups is 3. The molecule has 2 aliphatic rings. The van der Waals surface area contributed by atoms with E-state index in [1.165, 1.54) is 12.1 Å². The molecule has 1 N–H and O–H groups in total. The largest absolute Gasteiger partial charge is 0.352 e. The third kappa shape index (κ3) is 6.41. The van der Waals surface area contributed by atoms with Crippen molar-refractivity contribution in [2.24, 2.45) is 0 Å². The Morgan fingerprint density at radius 1 is 0.929 bits per heavy atom. The van der Waals surface area contributed by atoms with Gasteiger partial charge in [0, 0.05) is 32.0 Å². The zero-order valence-electron chi connectivity index (χ0n) is 23.9. The molecule has 5 rings (SSSR count). The van der Waals surface area contributed by atoms with Crippen LogP contribution in [-0.2, 0) is 32.6 Å². The Labute approximate surface area is 247 Å². The quantitative estimate of drug-likeness (QED) is 0.373. The molecular formula is C33H37N3O5S. The summed E-state index contributed by atoms with van der Waals surface area (Å²) >= 11 is 0. The van der Waals surface area contributed by atoms with Crippen LogP contribution >= 0.6 is 0 Å². The van der Waals surface area contributed by atoms with Crippen molar-refractivity contribution >= 4 is 27.7 Å². The van der Waals surface area contributed by atoms with Crippen molar-refractivity contribution in [1.82, 2.24) is 14.5 Å². The van der Waals surface area contributed by atoms with Gasteiger partial charge in [0.1, 0.15) is 10.9 Å². The van der Waals surface area contributed by atoms with Gasteiger partial charge in [-0.2, -0.15) is 0 Å². The predicted molar refractivity (Wildman–Crippen MR) is 160 cm³/mol. The number of benzene rings is 3. The summed E-state index contributed by atoms with van der Waals surface area (Å²) < 4.78 is 27.0. The maximum Gasteiger partial charge on any atom is 0.269 e. The van der Waals surface area contributed by atoms with E-state index in [1.807, 2.05) is 61.5 Å². The molecule has 42 heavy (non-hydrogen) atoms. The zero-order valence-corrected chi connectivity index (χ0v) is 24.7. The number of fused-ring (bicyclic) bond motifs is 1. The molecule has 3 amide bonds. The topological polar surface area (TPSA) is 104 Å². The molecule has 1 aliphatic heterocycles. The number of sulfonamides is 1. The second-order valence-corrected chi connectivity index (χ2v) is 13.0. The lowest BCUT2D eigenvalue weighted by atomic mass is 9.94. The lowest BCUT2D eigenvalue weighted by Gasteiger charge is -2.34. The van der Waals surface area contributed by atoms with Gasteiger partial charge in [0.2, 0.25) is 11.8 Å². The number of amides is 3. The van der Waals surface area contributed by atoms with Gasteiger partial charge in [-0.15, -0.1) is 0 Å². The first kappa shape index (κ1) is 29.5. The molecule has 0 spiro atoms. The van der Waals surface area contributed by atoms with Crippen LogP contribution in [0.5, 0.6) is 0 Å².